The molecule has 3 heteroatoms. The summed E-state index contributed by atoms with van der Waals surface area (Å²) in [7, 11) is 0. The first-order valence-electron chi connectivity index (χ1n) is 8.17. The predicted molar refractivity (Wildman–Crippen MR) is 75.0 cm³/mol. The molecular weight excluding hydrogens is 238 g/mol. The van der Waals surface area contributed by atoms with E-state index in [4.69, 9.17) is 0 Å². The molecule has 1 saturated heterocycles. The van der Waals surface area contributed by atoms with E-state index in [1.807, 2.05) is 0 Å². The number of rotatable bonds is 4. The van der Waals surface area contributed by atoms with E-state index >= 15 is 0 Å². The summed E-state index contributed by atoms with van der Waals surface area (Å²) in [5, 5.41) is 9.56. The minimum Gasteiger partial charge on any atom is -0.480 e. The molecule has 0 aromatic rings. The van der Waals surface area contributed by atoms with E-state index in [9.17, 15) is 9.90 Å². The Morgan fingerprint density at radius 1 is 1.16 bits per heavy atom. The fourth-order valence-electron chi connectivity index (χ4n) is 4.51. The molecule has 0 spiro atoms. The molecule has 1 N–H and O–H groups in total. The van der Waals surface area contributed by atoms with Crippen LogP contribution in [0, 0.1) is 11.8 Å². The maximum absolute atomic E-state index is 11.6. The van der Waals surface area contributed by atoms with Crippen LogP contribution in [0.25, 0.3) is 0 Å². The largest absolute Gasteiger partial charge is 0.480 e. The molecule has 0 bridgehead atoms. The van der Waals surface area contributed by atoms with Crippen LogP contribution in [0.5, 0.6) is 0 Å². The maximum Gasteiger partial charge on any atom is 0.320 e. The van der Waals surface area contributed by atoms with Crippen molar-refractivity contribution < 1.29 is 9.90 Å². The van der Waals surface area contributed by atoms with Gasteiger partial charge in [-0.1, -0.05) is 25.7 Å². The Labute approximate surface area is 116 Å². The first-order chi connectivity index (χ1) is 9.16. The molecule has 3 nitrogen and oxygen atoms in total. The summed E-state index contributed by atoms with van der Waals surface area (Å²) in [6.07, 6.45) is 11.1. The lowest BCUT2D eigenvalue weighted by Gasteiger charge is -2.50. The number of carboxylic acids is 1. The molecule has 0 aromatic carbocycles. The average molecular weight is 265 g/mol. The van der Waals surface area contributed by atoms with Crippen molar-refractivity contribution in [2.75, 3.05) is 0 Å². The fourth-order valence-corrected chi connectivity index (χ4v) is 4.51. The number of hydrogen-bond donors (Lipinski definition) is 1. The summed E-state index contributed by atoms with van der Waals surface area (Å²) in [6.45, 7) is 2.27. The Balaban J connectivity index is 1.76. The number of carbonyl (C=O) groups is 1. The molecule has 4 atom stereocenters. The zero-order valence-corrected chi connectivity index (χ0v) is 12.1. The van der Waals surface area contributed by atoms with E-state index in [0.29, 0.717) is 12.1 Å². The lowest BCUT2D eigenvalue weighted by atomic mass is 9.75. The van der Waals surface area contributed by atoms with E-state index in [1.165, 1.54) is 44.9 Å². The van der Waals surface area contributed by atoms with Crippen LogP contribution in [0.15, 0.2) is 0 Å². The first-order valence-corrected chi connectivity index (χ1v) is 8.17. The van der Waals surface area contributed by atoms with Gasteiger partial charge in [0.15, 0.2) is 0 Å². The van der Waals surface area contributed by atoms with Crippen molar-refractivity contribution >= 4 is 5.97 Å². The third-order valence-corrected chi connectivity index (χ3v) is 5.59. The lowest BCUT2D eigenvalue weighted by molar-refractivity contribution is -0.150. The molecule has 4 unspecified atom stereocenters. The summed E-state index contributed by atoms with van der Waals surface area (Å²) < 4.78 is 0. The van der Waals surface area contributed by atoms with E-state index in [2.05, 4.69) is 11.8 Å². The highest BCUT2D eigenvalue weighted by Gasteiger charge is 2.44. The van der Waals surface area contributed by atoms with Crippen LogP contribution in [-0.4, -0.2) is 34.1 Å². The van der Waals surface area contributed by atoms with Crippen LogP contribution in [0.1, 0.15) is 64.7 Å². The predicted octanol–water partition coefficient (Wildman–Crippen LogP) is 3.28. The van der Waals surface area contributed by atoms with Crippen molar-refractivity contribution in [1.82, 2.24) is 4.90 Å². The maximum atomic E-state index is 11.6. The van der Waals surface area contributed by atoms with Gasteiger partial charge in [-0.05, 0) is 50.9 Å². The molecular formula is C16H27NO2. The minimum absolute atomic E-state index is 0.215. The second-order valence-electron chi connectivity index (χ2n) is 7.02. The molecule has 19 heavy (non-hydrogen) atoms. The summed E-state index contributed by atoms with van der Waals surface area (Å²) in [6, 6.07) is 0.796. The summed E-state index contributed by atoms with van der Waals surface area (Å²) in [5.74, 6) is 1.06. The number of aliphatic carboxylic acids is 1. The highest BCUT2D eigenvalue weighted by Crippen LogP contribution is 2.42. The van der Waals surface area contributed by atoms with Gasteiger partial charge in [-0.3, -0.25) is 9.69 Å². The van der Waals surface area contributed by atoms with Gasteiger partial charge in [0.05, 0.1) is 0 Å². The summed E-state index contributed by atoms with van der Waals surface area (Å²) in [5.41, 5.74) is 0. The van der Waals surface area contributed by atoms with E-state index in [1.54, 1.807) is 0 Å². The van der Waals surface area contributed by atoms with E-state index < -0.39 is 5.97 Å². The topological polar surface area (TPSA) is 40.5 Å². The second kappa shape index (κ2) is 5.43. The first kappa shape index (κ1) is 13.4. The highest BCUT2D eigenvalue weighted by atomic mass is 16.4. The lowest BCUT2D eigenvalue weighted by Crippen LogP contribution is -2.58. The van der Waals surface area contributed by atoms with Crippen molar-refractivity contribution in [3.8, 4) is 0 Å². The third-order valence-electron chi connectivity index (χ3n) is 5.59. The van der Waals surface area contributed by atoms with Gasteiger partial charge in [-0.25, -0.2) is 0 Å². The minimum atomic E-state index is -0.591. The second-order valence-corrected chi connectivity index (χ2v) is 7.02. The van der Waals surface area contributed by atoms with Gasteiger partial charge in [0, 0.05) is 12.1 Å². The van der Waals surface area contributed by atoms with Crippen LogP contribution >= 0.6 is 0 Å². The number of carboxylic acid groups (broad SMARTS) is 1. The van der Waals surface area contributed by atoms with Gasteiger partial charge in [0.2, 0.25) is 0 Å². The standard InChI is InChI=1S/C16H27NO2/c1-11(10-12-6-7-12)17-14-5-3-2-4-13(14)8-9-15(17)16(18)19/h11-15H,2-10H2,1H3,(H,18,19). The van der Waals surface area contributed by atoms with Crippen molar-refractivity contribution in [2.24, 2.45) is 11.8 Å². The summed E-state index contributed by atoms with van der Waals surface area (Å²) >= 11 is 0. The quantitative estimate of drug-likeness (QED) is 0.848. The average Bonchev–Trinajstić information content (AvgIpc) is 3.21. The normalized spacial score (nSPS) is 37.6. The van der Waals surface area contributed by atoms with Crippen LogP contribution < -0.4 is 0 Å². The molecule has 2 aliphatic carbocycles. The SMILES string of the molecule is CC(CC1CC1)N1C(C(=O)O)CCC2CCCCC21. The summed E-state index contributed by atoms with van der Waals surface area (Å²) in [4.78, 5) is 14.0. The number of hydrogen-bond acceptors (Lipinski definition) is 2. The van der Waals surface area contributed by atoms with E-state index in [-0.39, 0.29) is 6.04 Å². The third kappa shape index (κ3) is 2.81. The van der Waals surface area contributed by atoms with Gasteiger partial charge in [-0.15, -0.1) is 0 Å². The molecule has 3 rings (SSSR count). The van der Waals surface area contributed by atoms with Gasteiger partial charge < -0.3 is 5.11 Å². The van der Waals surface area contributed by atoms with E-state index in [0.717, 1.165) is 24.7 Å². The van der Waals surface area contributed by atoms with Crippen LogP contribution in [0.2, 0.25) is 0 Å². The van der Waals surface area contributed by atoms with Crippen molar-refractivity contribution in [2.45, 2.75) is 82.8 Å². The smallest absolute Gasteiger partial charge is 0.320 e. The molecule has 0 aromatic heterocycles. The number of nitrogens with zero attached hydrogens (tertiary/aromatic N) is 1. The number of likely N-dealkylation sites (tertiary alicyclic amines) is 1. The molecule has 3 aliphatic rings. The molecule has 1 aliphatic heterocycles. The molecule has 0 radical (unpaired) electrons. The molecule has 1 heterocycles. The zero-order chi connectivity index (χ0) is 13.4. The van der Waals surface area contributed by atoms with Crippen molar-refractivity contribution in [3.63, 3.8) is 0 Å². The Morgan fingerprint density at radius 2 is 1.89 bits per heavy atom. The number of fused-ring (bicyclic) bond motifs is 1. The highest BCUT2D eigenvalue weighted by molar-refractivity contribution is 5.73. The van der Waals surface area contributed by atoms with Gasteiger partial charge in [0.25, 0.3) is 0 Å². The number of piperidine rings is 1. The van der Waals surface area contributed by atoms with Gasteiger partial charge in [0.1, 0.15) is 6.04 Å². The van der Waals surface area contributed by atoms with Crippen molar-refractivity contribution in [1.29, 1.82) is 0 Å². The molecule has 3 fully saturated rings. The molecule has 108 valence electrons. The Kier molecular flexibility index (Phi) is 3.84. The van der Waals surface area contributed by atoms with Crippen LogP contribution in [0.4, 0.5) is 0 Å². The van der Waals surface area contributed by atoms with Crippen LogP contribution in [0.3, 0.4) is 0 Å². The molecule has 0 amide bonds. The van der Waals surface area contributed by atoms with Crippen molar-refractivity contribution in [3.05, 3.63) is 0 Å². The Hall–Kier alpha value is -0.570. The van der Waals surface area contributed by atoms with Gasteiger partial charge >= 0.3 is 5.97 Å². The monoisotopic (exact) mass is 265 g/mol. The zero-order valence-electron chi connectivity index (χ0n) is 12.1. The van der Waals surface area contributed by atoms with Gasteiger partial charge in [-0.2, -0.15) is 0 Å². The van der Waals surface area contributed by atoms with Crippen LogP contribution in [-0.2, 0) is 4.79 Å². The Morgan fingerprint density at radius 3 is 2.58 bits per heavy atom. The Bertz CT molecular complexity index is 340. The molecule has 2 saturated carbocycles. The fraction of sp³-hybridized carbons (Fsp3) is 0.938.